The van der Waals surface area contributed by atoms with Gasteiger partial charge in [0.2, 0.25) is 5.91 Å². The molecule has 0 fully saturated rings. The zero-order valence-electron chi connectivity index (χ0n) is 12.0. The maximum atomic E-state index is 13.2. The molecular formula is C15H14ClFN2O3. The number of rotatable bonds is 4. The predicted octanol–water partition coefficient (Wildman–Crippen LogP) is 2.85. The molecule has 0 saturated heterocycles. The smallest absolute Gasteiger partial charge is 0.251 e. The minimum atomic E-state index is -0.896. The van der Waals surface area contributed by atoms with Crippen molar-refractivity contribution in [3.63, 3.8) is 0 Å². The summed E-state index contributed by atoms with van der Waals surface area (Å²) < 4.78 is 19.4. The summed E-state index contributed by atoms with van der Waals surface area (Å²) >= 11 is 5.89. The second-order valence-corrected chi connectivity index (χ2v) is 5.04. The Kier molecular flexibility index (Phi) is 4.82. The number of halogens is 2. The molecule has 0 radical (unpaired) electrons. The zero-order valence-corrected chi connectivity index (χ0v) is 12.7. The van der Waals surface area contributed by atoms with Crippen LogP contribution in [-0.4, -0.2) is 17.6 Å². The number of methoxy groups -OCH3 is 1. The van der Waals surface area contributed by atoms with Gasteiger partial charge in [-0.15, -0.1) is 0 Å². The van der Waals surface area contributed by atoms with Gasteiger partial charge in [-0.05, 0) is 31.2 Å². The van der Waals surface area contributed by atoms with Crippen molar-refractivity contribution in [3.8, 4) is 5.75 Å². The maximum Gasteiger partial charge on any atom is 0.251 e. The van der Waals surface area contributed by atoms with Gasteiger partial charge in [-0.1, -0.05) is 11.6 Å². The van der Waals surface area contributed by atoms with Gasteiger partial charge < -0.3 is 14.6 Å². The summed E-state index contributed by atoms with van der Waals surface area (Å²) in [5.74, 6) is -0.663. The molecule has 0 aliphatic rings. The Hall–Kier alpha value is -2.34. The SMILES string of the molecule is COc1ccc(Cl)cc1NC(=O)C(C)n1cc(F)ccc1=O. The second-order valence-electron chi connectivity index (χ2n) is 4.60. The standard InChI is InChI=1S/C15H14ClFN2O3/c1-9(19-8-11(17)4-6-14(19)20)15(21)18-12-7-10(16)3-5-13(12)22-2/h3-9H,1-2H3,(H,18,21). The van der Waals surface area contributed by atoms with Crippen LogP contribution in [0.15, 0.2) is 41.3 Å². The number of amides is 1. The van der Waals surface area contributed by atoms with Gasteiger partial charge in [-0.25, -0.2) is 4.39 Å². The van der Waals surface area contributed by atoms with E-state index in [1.165, 1.54) is 20.1 Å². The molecule has 0 bridgehead atoms. The van der Waals surface area contributed by atoms with E-state index in [2.05, 4.69) is 5.32 Å². The average molecular weight is 325 g/mol. The molecule has 1 aromatic carbocycles. The third kappa shape index (κ3) is 3.46. The molecule has 2 aromatic rings. The zero-order chi connectivity index (χ0) is 16.3. The number of anilines is 1. The molecule has 1 unspecified atom stereocenters. The third-order valence-electron chi connectivity index (χ3n) is 3.12. The van der Waals surface area contributed by atoms with E-state index in [4.69, 9.17) is 16.3 Å². The molecule has 1 heterocycles. The number of hydrogen-bond donors (Lipinski definition) is 1. The number of nitrogens with zero attached hydrogens (tertiary/aromatic N) is 1. The topological polar surface area (TPSA) is 60.3 Å². The van der Waals surface area contributed by atoms with Crippen LogP contribution in [0.3, 0.4) is 0 Å². The first-order valence-electron chi connectivity index (χ1n) is 6.44. The van der Waals surface area contributed by atoms with Crippen LogP contribution in [0, 0.1) is 5.82 Å². The molecule has 0 spiro atoms. The first-order valence-corrected chi connectivity index (χ1v) is 6.82. The lowest BCUT2D eigenvalue weighted by Crippen LogP contribution is -2.31. The average Bonchev–Trinajstić information content (AvgIpc) is 2.49. The van der Waals surface area contributed by atoms with Gasteiger partial charge in [-0.3, -0.25) is 9.59 Å². The minimum absolute atomic E-state index is 0.372. The van der Waals surface area contributed by atoms with Crippen molar-refractivity contribution in [2.24, 2.45) is 0 Å². The van der Waals surface area contributed by atoms with Crippen molar-refractivity contribution in [1.82, 2.24) is 4.57 Å². The highest BCUT2D eigenvalue weighted by Crippen LogP contribution is 2.28. The number of hydrogen-bond acceptors (Lipinski definition) is 3. The molecule has 1 aromatic heterocycles. The van der Waals surface area contributed by atoms with Gasteiger partial charge in [0.05, 0.1) is 12.8 Å². The van der Waals surface area contributed by atoms with E-state index in [0.29, 0.717) is 16.5 Å². The molecule has 0 saturated carbocycles. The maximum absolute atomic E-state index is 13.2. The summed E-state index contributed by atoms with van der Waals surface area (Å²) in [4.78, 5) is 24.0. The van der Waals surface area contributed by atoms with Gasteiger partial charge in [0.1, 0.15) is 17.6 Å². The van der Waals surface area contributed by atoms with E-state index in [1.807, 2.05) is 0 Å². The summed E-state index contributed by atoms with van der Waals surface area (Å²) in [7, 11) is 1.46. The third-order valence-corrected chi connectivity index (χ3v) is 3.35. The lowest BCUT2D eigenvalue weighted by Gasteiger charge is -2.16. The fraction of sp³-hybridized carbons (Fsp3) is 0.200. The molecule has 116 valence electrons. The highest BCUT2D eigenvalue weighted by molar-refractivity contribution is 6.31. The van der Waals surface area contributed by atoms with Gasteiger partial charge >= 0.3 is 0 Å². The highest BCUT2D eigenvalue weighted by Gasteiger charge is 2.18. The summed E-state index contributed by atoms with van der Waals surface area (Å²) in [6.07, 6.45) is 0.988. The molecule has 1 amide bonds. The number of carbonyl (C=O) groups excluding carboxylic acids is 1. The van der Waals surface area contributed by atoms with Crippen molar-refractivity contribution in [2.45, 2.75) is 13.0 Å². The van der Waals surface area contributed by atoms with Gasteiger partial charge in [0.25, 0.3) is 5.56 Å². The molecule has 0 aliphatic heterocycles. The second kappa shape index (κ2) is 6.62. The van der Waals surface area contributed by atoms with Crippen LogP contribution < -0.4 is 15.6 Å². The minimum Gasteiger partial charge on any atom is -0.495 e. The first kappa shape index (κ1) is 16.0. The Morgan fingerprint density at radius 2 is 2.09 bits per heavy atom. The quantitative estimate of drug-likeness (QED) is 0.940. The van der Waals surface area contributed by atoms with Crippen molar-refractivity contribution in [2.75, 3.05) is 12.4 Å². The summed E-state index contributed by atoms with van der Waals surface area (Å²) in [6.45, 7) is 1.49. The molecule has 0 aliphatic carbocycles. The Labute approximate surface area is 131 Å². The summed E-state index contributed by atoms with van der Waals surface area (Å²) in [5, 5.41) is 3.04. The summed E-state index contributed by atoms with van der Waals surface area (Å²) in [6, 6.07) is 5.97. The predicted molar refractivity (Wildman–Crippen MR) is 82.0 cm³/mol. The number of carbonyl (C=O) groups is 1. The van der Waals surface area contributed by atoms with Crippen LogP contribution in [-0.2, 0) is 4.79 Å². The number of nitrogens with one attached hydrogen (secondary N) is 1. The van der Waals surface area contributed by atoms with Crippen molar-refractivity contribution >= 4 is 23.2 Å². The molecule has 5 nitrogen and oxygen atoms in total. The molecule has 22 heavy (non-hydrogen) atoms. The van der Waals surface area contributed by atoms with Gasteiger partial charge in [-0.2, -0.15) is 0 Å². The first-order chi connectivity index (χ1) is 10.4. The molecule has 1 atom stereocenters. The van der Waals surface area contributed by atoms with Gasteiger partial charge in [0, 0.05) is 17.3 Å². The van der Waals surface area contributed by atoms with Crippen LogP contribution in [0.2, 0.25) is 5.02 Å². The van der Waals surface area contributed by atoms with Crippen molar-refractivity contribution in [3.05, 3.63) is 57.7 Å². The molecule has 1 N–H and O–H groups in total. The van der Waals surface area contributed by atoms with Crippen LogP contribution >= 0.6 is 11.6 Å². The van der Waals surface area contributed by atoms with E-state index < -0.39 is 23.3 Å². The molecule has 2 rings (SSSR count). The Morgan fingerprint density at radius 1 is 1.36 bits per heavy atom. The van der Waals surface area contributed by atoms with E-state index in [9.17, 15) is 14.0 Å². The fourth-order valence-electron chi connectivity index (χ4n) is 1.92. The number of aromatic nitrogens is 1. The highest BCUT2D eigenvalue weighted by atomic mass is 35.5. The number of pyridine rings is 1. The molecule has 7 heteroatoms. The Bertz CT molecular complexity index is 761. The fourth-order valence-corrected chi connectivity index (χ4v) is 2.09. The van der Waals surface area contributed by atoms with Crippen molar-refractivity contribution < 1.29 is 13.9 Å². The Balaban J connectivity index is 2.27. The van der Waals surface area contributed by atoms with Gasteiger partial charge in [0.15, 0.2) is 0 Å². The van der Waals surface area contributed by atoms with E-state index >= 15 is 0 Å². The van der Waals surface area contributed by atoms with Crippen molar-refractivity contribution in [1.29, 1.82) is 0 Å². The van der Waals surface area contributed by atoms with E-state index in [-0.39, 0.29) is 0 Å². The lowest BCUT2D eigenvalue weighted by molar-refractivity contribution is -0.118. The number of ether oxygens (including phenoxy) is 1. The largest absolute Gasteiger partial charge is 0.495 e. The number of benzene rings is 1. The lowest BCUT2D eigenvalue weighted by atomic mass is 10.2. The van der Waals surface area contributed by atoms with Crippen LogP contribution in [0.1, 0.15) is 13.0 Å². The normalized spacial score (nSPS) is 11.8. The van der Waals surface area contributed by atoms with Crippen LogP contribution in [0.25, 0.3) is 0 Å². The van der Waals surface area contributed by atoms with Crippen LogP contribution in [0.5, 0.6) is 5.75 Å². The van der Waals surface area contributed by atoms with E-state index in [1.54, 1.807) is 12.1 Å². The molecular weight excluding hydrogens is 311 g/mol. The van der Waals surface area contributed by atoms with E-state index in [0.717, 1.165) is 22.9 Å². The summed E-state index contributed by atoms with van der Waals surface area (Å²) in [5.41, 5.74) is -0.0987. The monoisotopic (exact) mass is 324 g/mol. The Morgan fingerprint density at radius 3 is 2.77 bits per heavy atom. The van der Waals surface area contributed by atoms with Crippen LogP contribution in [0.4, 0.5) is 10.1 Å².